The Morgan fingerprint density at radius 3 is 3.00 bits per heavy atom. The summed E-state index contributed by atoms with van der Waals surface area (Å²) in [5, 5.41) is 1.05. The number of para-hydroxylation sites is 1. The van der Waals surface area contributed by atoms with Gasteiger partial charge in [-0.2, -0.15) is 0 Å². The van der Waals surface area contributed by atoms with E-state index in [1.807, 2.05) is 30.3 Å². The Kier molecular flexibility index (Phi) is 3.50. The summed E-state index contributed by atoms with van der Waals surface area (Å²) >= 11 is 0. The maximum absolute atomic E-state index is 11.2. The highest BCUT2D eigenvalue weighted by Gasteiger charge is 1.99. The molecule has 3 nitrogen and oxygen atoms in total. The molecule has 0 atom stereocenters. The smallest absolute Gasteiger partial charge is 0.330 e. The van der Waals surface area contributed by atoms with E-state index >= 15 is 0 Å². The highest BCUT2D eigenvalue weighted by Crippen LogP contribution is 2.16. The van der Waals surface area contributed by atoms with Crippen LogP contribution in [0.1, 0.15) is 12.5 Å². The number of benzene rings is 1. The van der Waals surface area contributed by atoms with Crippen LogP contribution < -0.4 is 0 Å². The molecule has 0 bridgehead atoms. The van der Waals surface area contributed by atoms with Crippen molar-refractivity contribution < 1.29 is 9.53 Å². The second kappa shape index (κ2) is 5.25. The molecule has 1 aromatic heterocycles. The van der Waals surface area contributed by atoms with E-state index < -0.39 is 0 Å². The first-order chi connectivity index (χ1) is 8.31. The molecule has 1 heterocycles. The molecule has 0 radical (unpaired) electrons. The summed E-state index contributed by atoms with van der Waals surface area (Å²) in [6, 6.07) is 9.73. The van der Waals surface area contributed by atoms with Crippen LogP contribution in [-0.2, 0) is 9.53 Å². The number of ether oxygens (including phenoxy) is 1. The van der Waals surface area contributed by atoms with E-state index in [9.17, 15) is 4.79 Å². The molecule has 86 valence electrons. The zero-order valence-corrected chi connectivity index (χ0v) is 9.59. The number of aromatic nitrogens is 1. The normalized spacial score (nSPS) is 10.9. The van der Waals surface area contributed by atoms with Crippen LogP contribution in [0.5, 0.6) is 0 Å². The maximum atomic E-state index is 11.2. The van der Waals surface area contributed by atoms with Gasteiger partial charge in [0.05, 0.1) is 12.1 Å². The average molecular weight is 227 g/mol. The van der Waals surface area contributed by atoms with Gasteiger partial charge in [0.15, 0.2) is 0 Å². The van der Waals surface area contributed by atoms with E-state index in [-0.39, 0.29) is 5.97 Å². The summed E-state index contributed by atoms with van der Waals surface area (Å²) in [4.78, 5) is 15.5. The summed E-state index contributed by atoms with van der Waals surface area (Å²) < 4.78 is 4.83. The van der Waals surface area contributed by atoms with Crippen molar-refractivity contribution in [1.82, 2.24) is 4.98 Å². The van der Waals surface area contributed by atoms with Crippen molar-refractivity contribution in [3.63, 3.8) is 0 Å². The number of pyridine rings is 1. The number of nitrogens with zero attached hydrogens (tertiary/aromatic N) is 1. The predicted molar refractivity (Wildman–Crippen MR) is 67.4 cm³/mol. The van der Waals surface area contributed by atoms with Crippen molar-refractivity contribution in [2.24, 2.45) is 0 Å². The summed E-state index contributed by atoms with van der Waals surface area (Å²) in [6.07, 6.45) is 4.89. The fourth-order valence-electron chi connectivity index (χ4n) is 1.61. The third-order valence-corrected chi connectivity index (χ3v) is 2.35. The van der Waals surface area contributed by atoms with Crippen LogP contribution in [0.25, 0.3) is 17.0 Å². The van der Waals surface area contributed by atoms with Gasteiger partial charge in [-0.1, -0.05) is 24.3 Å². The largest absolute Gasteiger partial charge is 0.463 e. The van der Waals surface area contributed by atoms with Gasteiger partial charge >= 0.3 is 5.97 Å². The lowest BCUT2D eigenvalue weighted by Crippen LogP contribution is -1.98. The van der Waals surface area contributed by atoms with Crippen molar-refractivity contribution in [3.05, 3.63) is 48.2 Å². The number of hydrogen-bond donors (Lipinski definition) is 0. The van der Waals surface area contributed by atoms with Crippen LogP contribution in [-0.4, -0.2) is 17.6 Å². The molecule has 0 saturated heterocycles. The van der Waals surface area contributed by atoms with Crippen molar-refractivity contribution in [2.45, 2.75) is 6.92 Å². The molecule has 2 aromatic rings. The van der Waals surface area contributed by atoms with Gasteiger partial charge < -0.3 is 4.74 Å². The molecule has 0 fully saturated rings. The number of hydrogen-bond acceptors (Lipinski definition) is 3. The molecular formula is C14H13NO2. The fourth-order valence-corrected chi connectivity index (χ4v) is 1.61. The van der Waals surface area contributed by atoms with E-state index in [1.165, 1.54) is 6.08 Å². The zero-order valence-electron chi connectivity index (χ0n) is 9.59. The lowest BCUT2D eigenvalue weighted by Gasteiger charge is -2.00. The first kappa shape index (κ1) is 11.3. The molecule has 0 N–H and O–H groups in total. The molecule has 17 heavy (non-hydrogen) atoms. The number of carbonyl (C=O) groups excluding carboxylic acids is 1. The quantitative estimate of drug-likeness (QED) is 0.598. The third-order valence-electron chi connectivity index (χ3n) is 2.35. The van der Waals surface area contributed by atoms with Gasteiger partial charge in [0.2, 0.25) is 0 Å². The lowest BCUT2D eigenvalue weighted by atomic mass is 10.1. The zero-order chi connectivity index (χ0) is 12.1. The minimum Gasteiger partial charge on any atom is -0.463 e. The Balaban J connectivity index is 2.33. The van der Waals surface area contributed by atoms with Gasteiger partial charge in [-0.15, -0.1) is 0 Å². The van der Waals surface area contributed by atoms with Crippen LogP contribution in [0, 0.1) is 0 Å². The van der Waals surface area contributed by atoms with Crippen LogP contribution in [0.4, 0.5) is 0 Å². The number of rotatable bonds is 3. The topological polar surface area (TPSA) is 39.2 Å². The summed E-state index contributed by atoms with van der Waals surface area (Å²) in [5.74, 6) is -0.333. The number of fused-ring (bicyclic) bond motifs is 1. The Labute approximate surface area is 99.7 Å². The molecule has 1 aromatic carbocycles. The van der Waals surface area contributed by atoms with E-state index in [0.29, 0.717) is 6.61 Å². The van der Waals surface area contributed by atoms with Crippen LogP contribution in [0.3, 0.4) is 0 Å². The first-order valence-corrected chi connectivity index (χ1v) is 5.50. The molecule has 0 unspecified atom stereocenters. The van der Waals surface area contributed by atoms with Gasteiger partial charge in [0, 0.05) is 23.2 Å². The van der Waals surface area contributed by atoms with Gasteiger partial charge in [-0.25, -0.2) is 4.79 Å². The minimum atomic E-state index is -0.333. The van der Waals surface area contributed by atoms with Gasteiger partial charge in [-0.3, -0.25) is 4.98 Å². The Morgan fingerprint density at radius 1 is 1.35 bits per heavy atom. The standard InChI is InChI=1S/C14H13NO2/c1-2-17-13(16)9-8-12-6-3-5-11-7-4-10-15-14(11)12/h3-10H,2H2,1H3. The van der Waals surface area contributed by atoms with Gasteiger partial charge in [-0.05, 0) is 19.1 Å². The Morgan fingerprint density at radius 2 is 2.18 bits per heavy atom. The van der Waals surface area contributed by atoms with Crippen molar-refractivity contribution in [3.8, 4) is 0 Å². The Bertz CT molecular complexity index is 556. The lowest BCUT2D eigenvalue weighted by molar-refractivity contribution is -0.137. The molecule has 0 saturated carbocycles. The van der Waals surface area contributed by atoms with Crippen LogP contribution >= 0.6 is 0 Å². The SMILES string of the molecule is CCOC(=O)C=Cc1cccc2cccnc12. The molecule has 0 spiro atoms. The fraction of sp³-hybridized carbons (Fsp3) is 0.143. The molecule has 2 rings (SSSR count). The summed E-state index contributed by atoms with van der Waals surface area (Å²) in [7, 11) is 0. The molecule has 0 aliphatic heterocycles. The van der Waals surface area contributed by atoms with E-state index in [0.717, 1.165) is 16.5 Å². The van der Waals surface area contributed by atoms with Crippen LogP contribution in [0.2, 0.25) is 0 Å². The maximum Gasteiger partial charge on any atom is 0.330 e. The highest BCUT2D eigenvalue weighted by molar-refractivity contribution is 5.92. The number of esters is 1. The van der Waals surface area contributed by atoms with E-state index in [1.54, 1.807) is 19.2 Å². The van der Waals surface area contributed by atoms with Crippen molar-refractivity contribution in [1.29, 1.82) is 0 Å². The third kappa shape index (κ3) is 2.69. The number of carbonyl (C=O) groups is 1. The second-order valence-electron chi connectivity index (χ2n) is 3.51. The predicted octanol–water partition coefficient (Wildman–Crippen LogP) is 2.81. The van der Waals surface area contributed by atoms with Gasteiger partial charge in [0.25, 0.3) is 0 Å². The highest BCUT2D eigenvalue weighted by atomic mass is 16.5. The summed E-state index contributed by atoms with van der Waals surface area (Å²) in [5.41, 5.74) is 1.80. The van der Waals surface area contributed by atoms with Crippen LogP contribution in [0.15, 0.2) is 42.6 Å². The van der Waals surface area contributed by atoms with Crippen molar-refractivity contribution >= 4 is 22.9 Å². The van der Waals surface area contributed by atoms with E-state index in [2.05, 4.69) is 4.98 Å². The van der Waals surface area contributed by atoms with E-state index in [4.69, 9.17) is 4.74 Å². The molecule has 0 amide bonds. The first-order valence-electron chi connectivity index (χ1n) is 5.50. The second-order valence-corrected chi connectivity index (χ2v) is 3.51. The molecule has 3 heteroatoms. The Hall–Kier alpha value is -2.16. The average Bonchev–Trinajstić information content (AvgIpc) is 2.36. The summed E-state index contributed by atoms with van der Waals surface area (Å²) in [6.45, 7) is 2.17. The molecular weight excluding hydrogens is 214 g/mol. The minimum absolute atomic E-state index is 0.333. The molecule has 0 aliphatic carbocycles. The van der Waals surface area contributed by atoms with Crippen molar-refractivity contribution in [2.75, 3.05) is 6.61 Å². The molecule has 0 aliphatic rings. The van der Waals surface area contributed by atoms with Gasteiger partial charge in [0.1, 0.15) is 0 Å². The monoisotopic (exact) mass is 227 g/mol.